The van der Waals surface area contributed by atoms with Gasteiger partial charge in [-0.25, -0.2) is 0 Å². The number of nitrogens with one attached hydrogen (secondary N) is 1. The fourth-order valence-corrected chi connectivity index (χ4v) is 4.44. The third-order valence-corrected chi connectivity index (χ3v) is 5.99. The predicted molar refractivity (Wildman–Crippen MR) is 105 cm³/mol. The Hall–Kier alpha value is -1.99. The molecular formula is C19H17ClN3OS2+. The Kier molecular flexibility index (Phi) is 5.45. The van der Waals surface area contributed by atoms with Crippen molar-refractivity contribution >= 4 is 34.3 Å². The molecule has 3 heterocycles. The van der Waals surface area contributed by atoms with Gasteiger partial charge in [-0.05, 0) is 47.2 Å². The normalized spacial score (nSPS) is 11.3. The van der Waals surface area contributed by atoms with E-state index in [1.54, 1.807) is 22.7 Å². The van der Waals surface area contributed by atoms with Crippen molar-refractivity contribution in [3.8, 4) is 11.4 Å². The van der Waals surface area contributed by atoms with Gasteiger partial charge in [-0.15, -0.1) is 22.7 Å². The van der Waals surface area contributed by atoms with Crippen LogP contribution >= 0.6 is 34.3 Å². The molecule has 0 spiro atoms. The van der Waals surface area contributed by atoms with E-state index < -0.39 is 0 Å². The Balaban J connectivity index is 1.50. The average Bonchev–Trinajstić information content (AvgIpc) is 3.38. The number of aromatic nitrogens is 2. The van der Waals surface area contributed by atoms with E-state index in [1.165, 1.54) is 14.7 Å². The van der Waals surface area contributed by atoms with Crippen molar-refractivity contribution in [2.75, 3.05) is 0 Å². The molecule has 0 saturated heterocycles. The van der Waals surface area contributed by atoms with Crippen LogP contribution in [0.1, 0.15) is 15.6 Å². The number of hydrogen-bond acceptors (Lipinski definition) is 5. The fraction of sp³-hybridized carbons (Fsp3) is 0.158. The maximum atomic E-state index is 5.94. The van der Waals surface area contributed by atoms with Crippen molar-refractivity contribution in [2.45, 2.75) is 19.6 Å². The van der Waals surface area contributed by atoms with Crippen LogP contribution in [0.2, 0.25) is 5.02 Å². The summed E-state index contributed by atoms with van der Waals surface area (Å²) in [6, 6.07) is 16.0. The zero-order valence-corrected chi connectivity index (χ0v) is 16.3. The summed E-state index contributed by atoms with van der Waals surface area (Å²) >= 11 is 9.51. The monoisotopic (exact) mass is 402 g/mol. The van der Waals surface area contributed by atoms with Gasteiger partial charge in [0, 0.05) is 10.6 Å². The molecule has 4 nitrogen and oxygen atoms in total. The van der Waals surface area contributed by atoms with Gasteiger partial charge < -0.3 is 9.42 Å². The smallest absolute Gasteiger partial charge is 0.282 e. The molecular weight excluding hydrogens is 386 g/mol. The highest BCUT2D eigenvalue weighted by atomic mass is 35.5. The second-order valence-electron chi connectivity index (χ2n) is 5.96. The Morgan fingerprint density at radius 2 is 1.54 bits per heavy atom. The van der Waals surface area contributed by atoms with E-state index in [9.17, 15) is 0 Å². The number of rotatable bonds is 7. The molecule has 3 aromatic heterocycles. The highest BCUT2D eigenvalue weighted by molar-refractivity contribution is 7.10. The van der Waals surface area contributed by atoms with E-state index in [2.05, 4.69) is 45.2 Å². The van der Waals surface area contributed by atoms with E-state index in [0.29, 0.717) is 23.3 Å². The van der Waals surface area contributed by atoms with E-state index in [4.69, 9.17) is 16.1 Å². The van der Waals surface area contributed by atoms with Gasteiger partial charge in [0.15, 0.2) is 6.54 Å². The maximum absolute atomic E-state index is 5.94. The van der Waals surface area contributed by atoms with E-state index >= 15 is 0 Å². The lowest BCUT2D eigenvalue weighted by molar-refractivity contribution is -0.941. The van der Waals surface area contributed by atoms with Gasteiger partial charge in [-0.1, -0.05) is 28.9 Å². The standard InChI is InChI=1S/C19H16ClN3OS2/c20-15-7-5-14(6-8-15)19-21-18(24-22-19)13-23(11-16-3-1-9-25-16)12-17-4-2-10-26-17/h1-10H,11-13H2/p+1. The quantitative estimate of drug-likeness (QED) is 0.501. The number of thiophene rings is 2. The number of benzene rings is 1. The van der Waals surface area contributed by atoms with Crippen molar-refractivity contribution in [3.63, 3.8) is 0 Å². The van der Waals surface area contributed by atoms with Gasteiger partial charge in [0.25, 0.3) is 5.89 Å². The number of quaternary nitrogens is 1. The first-order valence-electron chi connectivity index (χ1n) is 8.23. The van der Waals surface area contributed by atoms with Crippen molar-refractivity contribution in [1.29, 1.82) is 0 Å². The van der Waals surface area contributed by atoms with Crippen molar-refractivity contribution in [3.05, 3.63) is 80.0 Å². The zero-order chi connectivity index (χ0) is 17.8. The van der Waals surface area contributed by atoms with Gasteiger partial charge in [-0.3, -0.25) is 0 Å². The second kappa shape index (κ2) is 8.14. The van der Waals surface area contributed by atoms with Crippen LogP contribution in [0.4, 0.5) is 0 Å². The molecule has 0 bridgehead atoms. The van der Waals surface area contributed by atoms with E-state index in [0.717, 1.165) is 18.7 Å². The summed E-state index contributed by atoms with van der Waals surface area (Å²) in [5.41, 5.74) is 0.905. The highest BCUT2D eigenvalue weighted by Crippen LogP contribution is 2.18. The van der Waals surface area contributed by atoms with Crippen LogP contribution in [0.3, 0.4) is 0 Å². The molecule has 4 rings (SSSR count). The van der Waals surface area contributed by atoms with Crippen LogP contribution in [0.25, 0.3) is 11.4 Å². The minimum absolute atomic E-state index is 0.600. The summed E-state index contributed by atoms with van der Waals surface area (Å²) in [4.78, 5) is 8.66. The van der Waals surface area contributed by atoms with E-state index in [-0.39, 0.29) is 0 Å². The topological polar surface area (TPSA) is 43.4 Å². The Bertz CT molecular complexity index is 898. The third kappa shape index (κ3) is 4.40. The number of halogens is 1. The molecule has 7 heteroatoms. The predicted octanol–water partition coefficient (Wildman–Crippen LogP) is 4.30. The van der Waals surface area contributed by atoms with Crippen LogP contribution in [0.15, 0.2) is 63.8 Å². The van der Waals surface area contributed by atoms with E-state index in [1.807, 2.05) is 24.3 Å². The van der Waals surface area contributed by atoms with Gasteiger partial charge >= 0.3 is 0 Å². The largest absolute Gasteiger partial charge is 0.333 e. The molecule has 1 N–H and O–H groups in total. The minimum Gasteiger partial charge on any atom is -0.333 e. The van der Waals surface area contributed by atoms with Gasteiger partial charge in [0.1, 0.15) is 13.1 Å². The molecule has 0 fully saturated rings. The number of nitrogens with zero attached hydrogens (tertiary/aromatic N) is 2. The van der Waals surface area contributed by atoms with Crippen LogP contribution in [-0.2, 0) is 19.6 Å². The van der Waals surface area contributed by atoms with Crippen LogP contribution < -0.4 is 4.90 Å². The summed E-state index contributed by atoms with van der Waals surface area (Å²) in [5.74, 6) is 1.25. The summed E-state index contributed by atoms with van der Waals surface area (Å²) in [5, 5.41) is 9.05. The first kappa shape index (κ1) is 17.4. The zero-order valence-electron chi connectivity index (χ0n) is 13.9. The number of hydrogen-bond donors (Lipinski definition) is 1. The lowest BCUT2D eigenvalue weighted by atomic mass is 10.2. The lowest BCUT2D eigenvalue weighted by Gasteiger charge is -2.16. The molecule has 1 aromatic carbocycles. The Morgan fingerprint density at radius 1 is 0.885 bits per heavy atom. The molecule has 0 atom stereocenters. The summed E-state index contributed by atoms with van der Waals surface area (Å²) in [6.07, 6.45) is 0. The van der Waals surface area contributed by atoms with Gasteiger partial charge in [-0.2, -0.15) is 4.98 Å². The second-order valence-corrected chi connectivity index (χ2v) is 8.46. The molecule has 0 amide bonds. The Labute approximate surface area is 164 Å². The minimum atomic E-state index is 0.600. The molecule has 0 aliphatic carbocycles. The highest BCUT2D eigenvalue weighted by Gasteiger charge is 2.18. The Morgan fingerprint density at radius 3 is 2.12 bits per heavy atom. The van der Waals surface area contributed by atoms with Crippen molar-refractivity contribution in [1.82, 2.24) is 10.1 Å². The summed E-state index contributed by atoms with van der Waals surface area (Å²) in [6.45, 7) is 2.57. The summed E-state index contributed by atoms with van der Waals surface area (Å²) in [7, 11) is 0. The lowest BCUT2D eigenvalue weighted by Crippen LogP contribution is -3.08. The molecule has 0 aliphatic rings. The first-order valence-corrected chi connectivity index (χ1v) is 10.4. The van der Waals surface area contributed by atoms with Gasteiger partial charge in [0.05, 0.1) is 9.75 Å². The van der Waals surface area contributed by atoms with Crippen LogP contribution in [0, 0.1) is 0 Å². The first-order chi connectivity index (χ1) is 12.8. The molecule has 4 aromatic rings. The summed E-state index contributed by atoms with van der Waals surface area (Å²) < 4.78 is 5.51. The molecule has 0 radical (unpaired) electrons. The fourth-order valence-electron chi connectivity index (χ4n) is 2.76. The molecule has 132 valence electrons. The third-order valence-electron chi connectivity index (χ3n) is 3.98. The molecule has 0 saturated carbocycles. The maximum Gasteiger partial charge on any atom is 0.282 e. The van der Waals surface area contributed by atoms with Crippen molar-refractivity contribution in [2.24, 2.45) is 0 Å². The van der Waals surface area contributed by atoms with Crippen LogP contribution in [0.5, 0.6) is 0 Å². The molecule has 26 heavy (non-hydrogen) atoms. The molecule has 0 aliphatic heterocycles. The SMILES string of the molecule is Clc1ccc(-c2noc(C[NH+](Cc3cccs3)Cc3cccs3)n2)cc1. The van der Waals surface area contributed by atoms with Gasteiger partial charge in [0.2, 0.25) is 5.82 Å². The van der Waals surface area contributed by atoms with Crippen molar-refractivity contribution < 1.29 is 9.42 Å². The molecule has 0 unspecified atom stereocenters. The van der Waals surface area contributed by atoms with Crippen LogP contribution in [-0.4, -0.2) is 10.1 Å². The average molecular weight is 403 g/mol.